The third-order valence-electron chi connectivity index (χ3n) is 4.77. The summed E-state index contributed by atoms with van der Waals surface area (Å²) in [6.45, 7) is 4.03. The third-order valence-corrected chi connectivity index (χ3v) is 5.71. The number of nitrogens with one attached hydrogen (secondary N) is 1. The SMILES string of the molecule is Cc1ccc(-n2c(SCC(=O)Nc3cccnc3)nc3ccccc3c2=O)cc1C. The second-order valence-corrected chi connectivity index (χ2v) is 7.84. The Labute approximate surface area is 178 Å². The van der Waals surface area contributed by atoms with Crippen molar-refractivity contribution in [2.24, 2.45) is 0 Å². The molecule has 0 fully saturated rings. The number of aromatic nitrogens is 3. The quantitative estimate of drug-likeness (QED) is 0.391. The standard InChI is InChI=1S/C23H20N4O2S/c1-15-9-10-18(12-16(15)2)27-22(29)19-7-3-4-8-20(19)26-23(27)30-14-21(28)25-17-6-5-11-24-13-17/h3-13H,14H2,1-2H3,(H,25,28). The molecule has 0 bridgehead atoms. The largest absolute Gasteiger partial charge is 0.324 e. The molecule has 0 aliphatic rings. The summed E-state index contributed by atoms with van der Waals surface area (Å²) in [4.78, 5) is 34.4. The van der Waals surface area contributed by atoms with Crippen molar-refractivity contribution in [1.29, 1.82) is 0 Å². The Morgan fingerprint density at radius 1 is 1.07 bits per heavy atom. The van der Waals surface area contributed by atoms with Gasteiger partial charge in [-0.15, -0.1) is 0 Å². The zero-order chi connectivity index (χ0) is 21.1. The minimum atomic E-state index is -0.193. The first-order valence-corrected chi connectivity index (χ1v) is 10.4. The molecule has 0 aliphatic heterocycles. The summed E-state index contributed by atoms with van der Waals surface area (Å²) in [7, 11) is 0. The molecule has 2 aromatic carbocycles. The van der Waals surface area contributed by atoms with Crippen molar-refractivity contribution in [3.8, 4) is 5.69 Å². The van der Waals surface area contributed by atoms with E-state index in [0.717, 1.165) is 16.8 Å². The molecule has 6 nitrogen and oxygen atoms in total. The van der Waals surface area contributed by atoms with Gasteiger partial charge in [0.2, 0.25) is 5.91 Å². The maximum atomic E-state index is 13.3. The van der Waals surface area contributed by atoms with Crippen molar-refractivity contribution in [3.05, 3.63) is 88.5 Å². The van der Waals surface area contributed by atoms with Gasteiger partial charge in [-0.25, -0.2) is 4.98 Å². The van der Waals surface area contributed by atoms with Crippen LogP contribution in [-0.4, -0.2) is 26.2 Å². The van der Waals surface area contributed by atoms with E-state index < -0.39 is 0 Å². The molecule has 0 aliphatic carbocycles. The third kappa shape index (κ3) is 4.11. The number of hydrogen-bond donors (Lipinski definition) is 1. The lowest BCUT2D eigenvalue weighted by molar-refractivity contribution is -0.113. The second kappa shape index (κ2) is 8.51. The van der Waals surface area contributed by atoms with E-state index in [-0.39, 0.29) is 17.2 Å². The minimum absolute atomic E-state index is 0.116. The van der Waals surface area contributed by atoms with Crippen molar-refractivity contribution in [2.75, 3.05) is 11.1 Å². The van der Waals surface area contributed by atoms with Crippen LogP contribution in [0.5, 0.6) is 0 Å². The fourth-order valence-electron chi connectivity index (χ4n) is 3.07. The van der Waals surface area contributed by atoms with Crippen LogP contribution in [0.1, 0.15) is 11.1 Å². The maximum absolute atomic E-state index is 13.3. The van der Waals surface area contributed by atoms with Gasteiger partial charge in [0.15, 0.2) is 5.16 Å². The average Bonchev–Trinajstić information content (AvgIpc) is 2.75. The molecule has 0 spiro atoms. The number of amides is 1. The Balaban J connectivity index is 1.71. The first-order chi connectivity index (χ1) is 14.5. The molecule has 0 saturated heterocycles. The second-order valence-electron chi connectivity index (χ2n) is 6.90. The van der Waals surface area contributed by atoms with Gasteiger partial charge in [0.05, 0.1) is 34.2 Å². The molecular formula is C23H20N4O2S. The van der Waals surface area contributed by atoms with E-state index in [2.05, 4.69) is 15.3 Å². The summed E-state index contributed by atoms with van der Waals surface area (Å²) < 4.78 is 1.58. The Kier molecular flexibility index (Phi) is 5.63. The lowest BCUT2D eigenvalue weighted by Gasteiger charge is -2.14. The van der Waals surface area contributed by atoms with Crippen LogP contribution in [0.4, 0.5) is 5.69 Å². The van der Waals surface area contributed by atoms with Crippen LogP contribution in [0, 0.1) is 13.8 Å². The van der Waals surface area contributed by atoms with Crippen LogP contribution < -0.4 is 10.9 Å². The van der Waals surface area contributed by atoms with Gasteiger partial charge in [0.25, 0.3) is 5.56 Å². The summed E-state index contributed by atoms with van der Waals surface area (Å²) in [5.41, 5.74) is 4.04. The van der Waals surface area contributed by atoms with E-state index in [0.29, 0.717) is 21.7 Å². The number of fused-ring (bicyclic) bond motifs is 1. The molecule has 2 aromatic heterocycles. The van der Waals surface area contributed by atoms with Gasteiger partial charge >= 0.3 is 0 Å². The maximum Gasteiger partial charge on any atom is 0.266 e. The van der Waals surface area contributed by atoms with Crippen LogP contribution in [0.3, 0.4) is 0 Å². The number of hydrogen-bond acceptors (Lipinski definition) is 5. The van der Waals surface area contributed by atoms with Gasteiger partial charge in [-0.05, 0) is 61.4 Å². The van der Waals surface area contributed by atoms with Crippen molar-refractivity contribution in [3.63, 3.8) is 0 Å². The number of carbonyl (C=O) groups excluding carboxylic acids is 1. The number of aryl methyl sites for hydroxylation is 2. The predicted octanol–water partition coefficient (Wildman–Crippen LogP) is 4.13. The molecule has 2 heterocycles. The number of thioether (sulfide) groups is 1. The summed E-state index contributed by atoms with van der Waals surface area (Å²) >= 11 is 1.23. The van der Waals surface area contributed by atoms with E-state index in [9.17, 15) is 9.59 Å². The molecule has 150 valence electrons. The average molecular weight is 417 g/mol. The van der Waals surface area contributed by atoms with Gasteiger partial charge < -0.3 is 5.32 Å². The molecule has 0 atom stereocenters. The first kappa shape index (κ1) is 19.8. The van der Waals surface area contributed by atoms with Gasteiger partial charge in [-0.2, -0.15) is 0 Å². The van der Waals surface area contributed by atoms with Crippen LogP contribution >= 0.6 is 11.8 Å². The van der Waals surface area contributed by atoms with Gasteiger partial charge in [-0.3, -0.25) is 19.1 Å². The Bertz CT molecular complexity index is 1290. The molecule has 0 saturated carbocycles. The topological polar surface area (TPSA) is 76.9 Å². The molecule has 0 radical (unpaired) electrons. The van der Waals surface area contributed by atoms with E-state index in [1.165, 1.54) is 11.8 Å². The Hall–Kier alpha value is -3.45. The molecule has 1 amide bonds. The Morgan fingerprint density at radius 3 is 2.67 bits per heavy atom. The van der Waals surface area contributed by atoms with Crippen LogP contribution in [0.15, 0.2) is 76.9 Å². The number of carbonyl (C=O) groups is 1. The van der Waals surface area contributed by atoms with Crippen LogP contribution in [-0.2, 0) is 4.79 Å². The van der Waals surface area contributed by atoms with Crippen LogP contribution in [0.2, 0.25) is 0 Å². The summed E-state index contributed by atoms with van der Waals surface area (Å²) in [6, 6.07) is 16.6. The monoisotopic (exact) mass is 416 g/mol. The van der Waals surface area contributed by atoms with E-state index in [1.807, 2.05) is 44.2 Å². The number of anilines is 1. The number of rotatable bonds is 5. The minimum Gasteiger partial charge on any atom is -0.324 e. The lowest BCUT2D eigenvalue weighted by Crippen LogP contribution is -2.23. The normalized spacial score (nSPS) is 10.9. The number of pyridine rings is 1. The molecule has 4 aromatic rings. The van der Waals surface area contributed by atoms with Gasteiger partial charge in [0.1, 0.15) is 0 Å². The lowest BCUT2D eigenvalue weighted by atomic mass is 10.1. The highest BCUT2D eigenvalue weighted by molar-refractivity contribution is 7.99. The van der Waals surface area contributed by atoms with E-state index in [4.69, 9.17) is 0 Å². The zero-order valence-electron chi connectivity index (χ0n) is 16.6. The van der Waals surface area contributed by atoms with Crippen molar-refractivity contribution < 1.29 is 4.79 Å². The number of benzene rings is 2. The molecule has 1 N–H and O–H groups in total. The van der Waals surface area contributed by atoms with E-state index in [1.54, 1.807) is 41.2 Å². The van der Waals surface area contributed by atoms with E-state index >= 15 is 0 Å². The summed E-state index contributed by atoms with van der Waals surface area (Å²) in [6.07, 6.45) is 3.23. The highest BCUT2D eigenvalue weighted by Crippen LogP contribution is 2.23. The summed E-state index contributed by atoms with van der Waals surface area (Å²) in [5.74, 6) is -0.0770. The molecule has 7 heteroatoms. The predicted molar refractivity (Wildman–Crippen MR) is 120 cm³/mol. The fraction of sp³-hybridized carbons (Fsp3) is 0.130. The smallest absolute Gasteiger partial charge is 0.266 e. The van der Waals surface area contributed by atoms with Crippen molar-refractivity contribution in [2.45, 2.75) is 19.0 Å². The van der Waals surface area contributed by atoms with Gasteiger partial charge in [0, 0.05) is 6.20 Å². The Morgan fingerprint density at radius 2 is 1.90 bits per heavy atom. The van der Waals surface area contributed by atoms with Gasteiger partial charge in [-0.1, -0.05) is 30.0 Å². The molecule has 30 heavy (non-hydrogen) atoms. The van der Waals surface area contributed by atoms with Crippen molar-refractivity contribution in [1.82, 2.24) is 14.5 Å². The molecule has 0 unspecified atom stereocenters. The fourth-order valence-corrected chi connectivity index (χ4v) is 3.88. The highest BCUT2D eigenvalue weighted by Gasteiger charge is 2.15. The summed E-state index contributed by atoms with van der Waals surface area (Å²) in [5, 5.41) is 3.82. The number of para-hydroxylation sites is 1. The first-order valence-electron chi connectivity index (χ1n) is 9.45. The molecular weight excluding hydrogens is 396 g/mol. The zero-order valence-corrected chi connectivity index (χ0v) is 17.4. The molecule has 4 rings (SSSR count). The van der Waals surface area contributed by atoms with Crippen LogP contribution in [0.25, 0.3) is 16.6 Å². The van der Waals surface area contributed by atoms with Crippen molar-refractivity contribution >= 4 is 34.3 Å². The number of nitrogens with zero attached hydrogens (tertiary/aromatic N) is 3. The highest BCUT2D eigenvalue weighted by atomic mass is 32.2.